The third-order valence-electron chi connectivity index (χ3n) is 3.41. The molecule has 21 heavy (non-hydrogen) atoms. The van der Waals surface area contributed by atoms with E-state index in [9.17, 15) is 15.2 Å². The van der Waals surface area contributed by atoms with Crippen molar-refractivity contribution in [2.45, 2.75) is 19.1 Å². The first-order chi connectivity index (χ1) is 10.1. The van der Waals surface area contributed by atoms with Gasteiger partial charge in [0.2, 0.25) is 0 Å². The summed E-state index contributed by atoms with van der Waals surface area (Å²) in [6.07, 6.45) is -0.697. The Bertz CT molecular complexity index is 584. The van der Waals surface area contributed by atoms with Gasteiger partial charge >= 0.3 is 0 Å². The van der Waals surface area contributed by atoms with Crippen LogP contribution in [0.2, 0.25) is 0 Å². The standard InChI is InChI=1S/C16H18N2O3/c1-12(13-5-3-2-4-6-13)17-11-16(19)14-7-9-15(10-8-14)18(20)21/h2-10,12,16-17,19H,11H2,1H3/t12-,16+/m1/s1. The van der Waals surface area contributed by atoms with Crippen molar-refractivity contribution >= 4 is 5.69 Å². The van der Waals surface area contributed by atoms with Crippen LogP contribution in [0.3, 0.4) is 0 Å². The number of non-ortho nitro benzene ring substituents is 1. The van der Waals surface area contributed by atoms with E-state index in [4.69, 9.17) is 0 Å². The van der Waals surface area contributed by atoms with Crippen molar-refractivity contribution in [3.05, 3.63) is 75.8 Å². The number of nitrogens with zero attached hydrogens (tertiary/aromatic N) is 1. The molecule has 0 spiro atoms. The lowest BCUT2D eigenvalue weighted by Gasteiger charge is -2.17. The largest absolute Gasteiger partial charge is 0.387 e. The Labute approximate surface area is 123 Å². The fourth-order valence-electron chi connectivity index (χ4n) is 2.08. The zero-order chi connectivity index (χ0) is 15.2. The predicted octanol–water partition coefficient (Wildman–Crippen LogP) is 2.98. The monoisotopic (exact) mass is 286 g/mol. The summed E-state index contributed by atoms with van der Waals surface area (Å²) in [5.74, 6) is 0. The number of nitro benzene ring substituents is 1. The first-order valence-corrected chi connectivity index (χ1v) is 6.78. The Morgan fingerprint density at radius 1 is 1.10 bits per heavy atom. The average Bonchev–Trinajstić information content (AvgIpc) is 2.53. The summed E-state index contributed by atoms with van der Waals surface area (Å²) in [7, 11) is 0. The molecule has 0 heterocycles. The normalized spacial score (nSPS) is 13.6. The summed E-state index contributed by atoms with van der Waals surface area (Å²) < 4.78 is 0. The van der Waals surface area contributed by atoms with Crippen LogP contribution in [0.15, 0.2) is 54.6 Å². The van der Waals surface area contributed by atoms with E-state index in [2.05, 4.69) is 5.32 Å². The maximum absolute atomic E-state index is 10.6. The summed E-state index contributed by atoms with van der Waals surface area (Å²) in [6, 6.07) is 16.0. The van der Waals surface area contributed by atoms with Gasteiger partial charge in [0.25, 0.3) is 5.69 Å². The van der Waals surface area contributed by atoms with Crippen molar-refractivity contribution in [1.82, 2.24) is 5.32 Å². The summed E-state index contributed by atoms with van der Waals surface area (Å²) >= 11 is 0. The van der Waals surface area contributed by atoms with Gasteiger partial charge in [0, 0.05) is 24.7 Å². The second-order valence-electron chi connectivity index (χ2n) is 4.91. The summed E-state index contributed by atoms with van der Waals surface area (Å²) in [5.41, 5.74) is 1.83. The minimum Gasteiger partial charge on any atom is -0.387 e. The van der Waals surface area contributed by atoms with E-state index in [0.29, 0.717) is 12.1 Å². The van der Waals surface area contributed by atoms with Gasteiger partial charge in [-0.2, -0.15) is 0 Å². The van der Waals surface area contributed by atoms with Crippen molar-refractivity contribution < 1.29 is 10.0 Å². The van der Waals surface area contributed by atoms with Crippen LogP contribution in [-0.4, -0.2) is 16.6 Å². The summed E-state index contributed by atoms with van der Waals surface area (Å²) in [6.45, 7) is 2.41. The quantitative estimate of drug-likeness (QED) is 0.632. The molecule has 0 aliphatic carbocycles. The molecule has 0 aromatic heterocycles. The molecule has 0 unspecified atom stereocenters. The molecule has 0 bridgehead atoms. The van der Waals surface area contributed by atoms with Crippen molar-refractivity contribution in [2.24, 2.45) is 0 Å². The van der Waals surface area contributed by atoms with E-state index in [-0.39, 0.29) is 11.7 Å². The minimum atomic E-state index is -0.697. The number of nitro groups is 1. The third kappa shape index (κ3) is 4.11. The van der Waals surface area contributed by atoms with Gasteiger partial charge in [-0.1, -0.05) is 30.3 Å². The van der Waals surface area contributed by atoms with E-state index >= 15 is 0 Å². The number of benzene rings is 2. The van der Waals surface area contributed by atoms with Crippen LogP contribution < -0.4 is 5.32 Å². The number of hydrogen-bond donors (Lipinski definition) is 2. The van der Waals surface area contributed by atoms with Gasteiger partial charge in [0.15, 0.2) is 0 Å². The second-order valence-corrected chi connectivity index (χ2v) is 4.91. The molecule has 2 atom stereocenters. The molecule has 2 rings (SSSR count). The Hall–Kier alpha value is -2.24. The molecule has 0 aliphatic heterocycles. The molecule has 2 aromatic rings. The molecule has 0 fully saturated rings. The van der Waals surface area contributed by atoms with Crippen LogP contribution >= 0.6 is 0 Å². The highest BCUT2D eigenvalue weighted by atomic mass is 16.6. The van der Waals surface area contributed by atoms with Crippen LogP contribution in [-0.2, 0) is 0 Å². The zero-order valence-electron chi connectivity index (χ0n) is 11.8. The molecule has 0 saturated carbocycles. The van der Waals surface area contributed by atoms with E-state index in [1.165, 1.54) is 12.1 Å². The van der Waals surface area contributed by atoms with Gasteiger partial charge < -0.3 is 10.4 Å². The highest BCUT2D eigenvalue weighted by Crippen LogP contribution is 2.18. The number of aliphatic hydroxyl groups excluding tert-OH is 1. The van der Waals surface area contributed by atoms with Crippen LogP contribution in [0, 0.1) is 10.1 Å². The second kappa shape index (κ2) is 6.97. The molecule has 0 radical (unpaired) electrons. The van der Waals surface area contributed by atoms with Gasteiger partial charge in [0.1, 0.15) is 0 Å². The first-order valence-electron chi connectivity index (χ1n) is 6.78. The smallest absolute Gasteiger partial charge is 0.269 e. The average molecular weight is 286 g/mol. The number of hydrogen-bond acceptors (Lipinski definition) is 4. The molecule has 2 N–H and O–H groups in total. The summed E-state index contributed by atoms with van der Waals surface area (Å²) in [4.78, 5) is 10.1. The molecular weight excluding hydrogens is 268 g/mol. The van der Waals surface area contributed by atoms with Gasteiger partial charge in [-0.3, -0.25) is 10.1 Å². The third-order valence-corrected chi connectivity index (χ3v) is 3.41. The topological polar surface area (TPSA) is 75.4 Å². The highest BCUT2D eigenvalue weighted by Gasteiger charge is 2.12. The van der Waals surface area contributed by atoms with Gasteiger partial charge in [-0.05, 0) is 30.2 Å². The minimum absolute atomic E-state index is 0.0246. The molecule has 0 saturated heterocycles. The highest BCUT2D eigenvalue weighted by molar-refractivity contribution is 5.33. The summed E-state index contributed by atoms with van der Waals surface area (Å²) in [5, 5.41) is 23.9. The Morgan fingerprint density at radius 3 is 2.29 bits per heavy atom. The SMILES string of the molecule is C[C@@H](NC[C@H](O)c1ccc([N+](=O)[O-])cc1)c1ccccc1. The van der Waals surface area contributed by atoms with Gasteiger partial charge in [0.05, 0.1) is 11.0 Å². The van der Waals surface area contributed by atoms with Crippen LogP contribution in [0.25, 0.3) is 0 Å². The number of aliphatic hydroxyl groups is 1. The Balaban J connectivity index is 1.92. The zero-order valence-corrected chi connectivity index (χ0v) is 11.8. The van der Waals surface area contributed by atoms with Crippen LogP contribution in [0.1, 0.15) is 30.2 Å². The van der Waals surface area contributed by atoms with Gasteiger partial charge in [-0.25, -0.2) is 0 Å². The maximum Gasteiger partial charge on any atom is 0.269 e. The Morgan fingerprint density at radius 2 is 1.71 bits per heavy atom. The molecular formula is C16H18N2O3. The Kier molecular flexibility index (Phi) is 5.03. The van der Waals surface area contributed by atoms with E-state index in [1.807, 2.05) is 37.3 Å². The number of nitrogens with one attached hydrogen (secondary N) is 1. The van der Waals surface area contributed by atoms with Crippen molar-refractivity contribution in [2.75, 3.05) is 6.54 Å². The molecule has 110 valence electrons. The van der Waals surface area contributed by atoms with Crippen LogP contribution in [0.4, 0.5) is 5.69 Å². The van der Waals surface area contributed by atoms with Crippen molar-refractivity contribution in [3.8, 4) is 0 Å². The van der Waals surface area contributed by atoms with Gasteiger partial charge in [-0.15, -0.1) is 0 Å². The lowest BCUT2D eigenvalue weighted by Crippen LogP contribution is -2.24. The van der Waals surface area contributed by atoms with E-state index in [1.54, 1.807) is 12.1 Å². The first kappa shape index (κ1) is 15.2. The van der Waals surface area contributed by atoms with E-state index < -0.39 is 11.0 Å². The fourth-order valence-corrected chi connectivity index (χ4v) is 2.08. The molecule has 0 aliphatic rings. The molecule has 2 aromatic carbocycles. The molecule has 0 amide bonds. The number of rotatable bonds is 6. The molecule has 5 nitrogen and oxygen atoms in total. The lowest BCUT2D eigenvalue weighted by molar-refractivity contribution is -0.384. The van der Waals surface area contributed by atoms with E-state index in [0.717, 1.165) is 5.56 Å². The maximum atomic E-state index is 10.6. The predicted molar refractivity (Wildman–Crippen MR) is 80.9 cm³/mol. The fraction of sp³-hybridized carbons (Fsp3) is 0.250. The lowest BCUT2D eigenvalue weighted by atomic mass is 10.1. The van der Waals surface area contributed by atoms with Crippen molar-refractivity contribution in [3.63, 3.8) is 0 Å². The van der Waals surface area contributed by atoms with Crippen molar-refractivity contribution in [1.29, 1.82) is 0 Å². The molecule has 5 heteroatoms. The van der Waals surface area contributed by atoms with Crippen LogP contribution in [0.5, 0.6) is 0 Å².